The summed E-state index contributed by atoms with van der Waals surface area (Å²) in [5.74, 6) is 0.809. The van der Waals surface area contributed by atoms with E-state index in [1.165, 1.54) is 11.8 Å². The summed E-state index contributed by atoms with van der Waals surface area (Å²) in [5, 5.41) is 11.8. The van der Waals surface area contributed by atoms with Crippen LogP contribution in [0.15, 0.2) is 23.2 Å². The minimum atomic E-state index is 0.567. The highest BCUT2D eigenvalue weighted by molar-refractivity contribution is 8.13. The number of hydrogen-bond acceptors (Lipinski definition) is 6. The summed E-state index contributed by atoms with van der Waals surface area (Å²) < 4.78 is 5.52. The zero-order valence-corrected chi connectivity index (χ0v) is 14.0. The summed E-state index contributed by atoms with van der Waals surface area (Å²) in [6.45, 7) is 4.07. The molecule has 0 saturated carbocycles. The van der Waals surface area contributed by atoms with E-state index >= 15 is 0 Å². The number of methoxy groups -OCH3 is 1. The monoisotopic (exact) mass is 319 g/mol. The minimum absolute atomic E-state index is 0.567. The third-order valence-electron chi connectivity index (χ3n) is 3.59. The molecule has 0 unspecified atom stereocenters. The van der Waals surface area contributed by atoms with Crippen molar-refractivity contribution in [2.24, 2.45) is 4.99 Å². The Morgan fingerprint density at radius 1 is 1.36 bits per heavy atom. The molecule has 22 heavy (non-hydrogen) atoms. The van der Waals surface area contributed by atoms with Crippen LogP contribution in [0.4, 0.5) is 11.4 Å². The number of nitrogens with zero attached hydrogens (tertiary/aromatic N) is 4. The number of piperazine rings is 1. The number of aliphatic imine (C=N–C) groups is 1. The van der Waals surface area contributed by atoms with Crippen LogP contribution in [-0.4, -0.2) is 56.7 Å². The number of amidine groups is 1. The quantitative estimate of drug-likeness (QED) is 0.397. The Morgan fingerprint density at radius 3 is 2.68 bits per heavy atom. The third-order valence-corrected chi connectivity index (χ3v) is 4.17. The van der Waals surface area contributed by atoms with Crippen LogP contribution in [0.1, 0.15) is 0 Å². The molecule has 1 aliphatic rings. The molecule has 1 aliphatic heterocycles. The Balaban J connectivity index is 2.22. The first-order valence-corrected chi connectivity index (χ1v) is 8.29. The van der Waals surface area contributed by atoms with E-state index in [4.69, 9.17) is 10.00 Å². The van der Waals surface area contributed by atoms with Crippen LogP contribution < -0.4 is 15.0 Å². The average Bonchev–Trinajstić information content (AvgIpc) is 2.55. The topological polar surface area (TPSA) is 63.9 Å². The molecular formula is C15H21N5OS. The molecule has 2 rings (SSSR count). The first kappa shape index (κ1) is 16.5. The second-order valence-corrected chi connectivity index (χ2v) is 5.80. The lowest BCUT2D eigenvalue weighted by Crippen LogP contribution is -2.44. The number of rotatable bonds is 3. The second-order valence-electron chi connectivity index (χ2n) is 5.00. The molecule has 1 N–H and O–H groups in total. The molecule has 1 heterocycles. The van der Waals surface area contributed by atoms with Crippen molar-refractivity contribution in [2.45, 2.75) is 0 Å². The fraction of sp³-hybridized carbons (Fsp3) is 0.467. The average molecular weight is 319 g/mol. The van der Waals surface area contributed by atoms with E-state index in [9.17, 15) is 0 Å². The van der Waals surface area contributed by atoms with Gasteiger partial charge in [0.05, 0.1) is 18.5 Å². The van der Waals surface area contributed by atoms with Crippen molar-refractivity contribution < 1.29 is 4.74 Å². The zero-order valence-electron chi connectivity index (χ0n) is 13.2. The molecule has 1 fully saturated rings. The van der Waals surface area contributed by atoms with E-state index in [1.54, 1.807) is 7.11 Å². The maximum Gasteiger partial charge on any atom is 0.183 e. The van der Waals surface area contributed by atoms with Gasteiger partial charge in [0.1, 0.15) is 5.75 Å². The predicted molar refractivity (Wildman–Crippen MR) is 92.1 cm³/mol. The van der Waals surface area contributed by atoms with E-state index in [0.29, 0.717) is 5.17 Å². The summed E-state index contributed by atoms with van der Waals surface area (Å²) in [6, 6.07) is 5.89. The number of ether oxygens (including phenoxy) is 1. The molecule has 0 bridgehead atoms. The van der Waals surface area contributed by atoms with Gasteiger partial charge < -0.3 is 14.5 Å². The first-order chi connectivity index (χ1) is 10.7. The highest BCUT2D eigenvalue weighted by Crippen LogP contribution is 2.33. The van der Waals surface area contributed by atoms with Crippen molar-refractivity contribution in [2.75, 3.05) is 51.5 Å². The number of nitrogens with one attached hydrogen (secondary N) is 1. The van der Waals surface area contributed by atoms with Crippen molar-refractivity contribution in [3.05, 3.63) is 18.2 Å². The highest BCUT2D eigenvalue weighted by Gasteiger charge is 2.17. The van der Waals surface area contributed by atoms with Crippen LogP contribution in [0.3, 0.4) is 0 Å². The van der Waals surface area contributed by atoms with Gasteiger partial charge >= 0.3 is 0 Å². The largest absolute Gasteiger partial charge is 0.495 e. The number of likely N-dealkylation sites (N-methyl/N-ethyl adjacent to an activating group) is 1. The van der Waals surface area contributed by atoms with Crippen molar-refractivity contribution in [1.29, 1.82) is 5.26 Å². The van der Waals surface area contributed by atoms with Crippen LogP contribution >= 0.6 is 11.8 Å². The summed E-state index contributed by atoms with van der Waals surface area (Å²) in [5.41, 5.74) is 1.86. The number of anilines is 1. The van der Waals surface area contributed by atoms with Crippen LogP contribution in [-0.2, 0) is 0 Å². The molecule has 6 nitrogen and oxygen atoms in total. The van der Waals surface area contributed by atoms with Crippen LogP contribution in [0.5, 0.6) is 5.75 Å². The molecule has 1 aromatic carbocycles. The molecule has 0 spiro atoms. The zero-order chi connectivity index (χ0) is 15.9. The highest BCUT2D eigenvalue weighted by atomic mass is 32.2. The molecule has 118 valence electrons. The molecule has 1 saturated heterocycles. The Kier molecular flexibility index (Phi) is 5.92. The van der Waals surface area contributed by atoms with Gasteiger partial charge in [0.15, 0.2) is 11.4 Å². The number of hydrogen-bond donors (Lipinski definition) is 1. The summed E-state index contributed by atoms with van der Waals surface area (Å²) in [4.78, 5) is 9.06. The maximum absolute atomic E-state index is 8.69. The van der Waals surface area contributed by atoms with Gasteiger partial charge in [0, 0.05) is 32.2 Å². The fourth-order valence-electron chi connectivity index (χ4n) is 2.33. The van der Waals surface area contributed by atoms with E-state index in [-0.39, 0.29) is 0 Å². The van der Waals surface area contributed by atoms with Crippen molar-refractivity contribution in [3.63, 3.8) is 0 Å². The summed E-state index contributed by atoms with van der Waals surface area (Å²) in [6.07, 6.45) is 3.76. The number of benzene rings is 1. The lowest BCUT2D eigenvalue weighted by molar-refractivity contribution is 0.311. The Hall–Kier alpha value is -1.91. The van der Waals surface area contributed by atoms with Crippen LogP contribution in [0.25, 0.3) is 0 Å². The van der Waals surface area contributed by atoms with E-state index in [0.717, 1.165) is 43.3 Å². The molecule has 0 amide bonds. The van der Waals surface area contributed by atoms with E-state index < -0.39 is 0 Å². The predicted octanol–water partition coefficient (Wildman–Crippen LogP) is 1.87. The van der Waals surface area contributed by atoms with Gasteiger partial charge in [-0.2, -0.15) is 5.26 Å². The Morgan fingerprint density at radius 2 is 2.09 bits per heavy atom. The Bertz CT molecular complexity index is 576. The molecule has 0 aromatic heterocycles. The molecule has 1 aromatic rings. The standard InChI is InChI=1S/C15H21N5OS/c1-19-6-8-20(9-7-19)13-5-4-12(10-14(13)21-2)18-15(22-3)17-11-16/h4-5,10H,6-9H2,1-3H3,(H,17,18). The molecule has 0 aliphatic carbocycles. The Labute approximate surface area is 135 Å². The summed E-state index contributed by atoms with van der Waals surface area (Å²) in [7, 11) is 3.81. The normalized spacial score (nSPS) is 16.3. The van der Waals surface area contributed by atoms with Gasteiger partial charge in [0.2, 0.25) is 0 Å². The third kappa shape index (κ3) is 4.06. The number of nitriles is 1. The number of thioether (sulfide) groups is 1. The van der Waals surface area contributed by atoms with E-state index in [1.807, 2.05) is 30.6 Å². The fourth-order valence-corrected chi connectivity index (χ4v) is 2.68. The second kappa shape index (κ2) is 7.92. The SMILES string of the molecule is COc1cc(N=C(NC#N)SC)ccc1N1CCN(C)CC1. The van der Waals surface area contributed by atoms with Crippen molar-refractivity contribution >= 4 is 28.3 Å². The molecular weight excluding hydrogens is 298 g/mol. The lowest BCUT2D eigenvalue weighted by Gasteiger charge is -2.34. The van der Waals surface area contributed by atoms with Gasteiger partial charge in [-0.25, -0.2) is 4.99 Å². The van der Waals surface area contributed by atoms with Crippen LogP contribution in [0, 0.1) is 11.5 Å². The van der Waals surface area contributed by atoms with Gasteiger partial charge in [-0.1, -0.05) is 11.8 Å². The maximum atomic E-state index is 8.69. The van der Waals surface area contributed by atoms with Gasteiger partial charge in [-0.15, -0.1) is 0 Å². The first-order valence-electron chi connectivity index (χ1n) is 7.07. The van der Waals surface area contributed by atoms with Crippen molar-refractivity contribution in [1.82, 2.24) is 10.2 Å². The molecule has 7 heteroatoms. The minimum Gasteiger partial charge on any atom is -0.495 e. The van der Waals surface area contributed by atoms with Crippen LogP contribution in [0.2, 0.25) is 0 Å². The molecule has 0 radical (unpaired) electrons. The molecule has 0 atom stereocenters. The van der Waals surface area contributed by atoms with Crippen molar-refractivity contribution in [3.8, 4) is 11.9 Å². The van der Waals surface area contributed by atoms with Gasteiger partial charge in [-0.05, 0) is 25.4 Å². The lowest BCUT2D eigenvalue weighted by atomic mass is 10.2. The van der Waals surface area contributed by atoms with Gasteiger partial charge in [-0.3, -0.25) is 5.32 Å². The van der Waals surface area contributed by atoms with Gasteiger partial charge in [0.25, 0.3) is 0 Å². The van der Waals surface area contributed by atoms with E-state index in [2.05, 4.69) is 27.2 Å². The summed E-state index contributed by atoms with van der Waals surface area (Å²) >= 11 is 1.39. The smallest absolute Gasteiger partial charge is 0.183 e.